The normalized spacial score (nSPS) is 20.3. The summed E-state index contributed by atoms with van der Waals surface area (Å²) in [6.07, 6.45) is 2.68. The van der Waals surface area contributed by atoms with Crippen molar-refractivity contribution in [1.82, 2.24) is 4.90 Å². The Morgan fingerprint density at radius 1 is 1.12 bits per heavy atom. The molecule has 0 spiro atoms. The Kier molecular flexibility index (Phi) is 4.81. The maximum Gasteiger partial charge on any atom is 0.310 e. The van der Waals surface area contributed by atoms with Crippen molar-refractivity contribution in [2.75, 3.05) is 14.1 Å². The van der Waals surface area contributed by atoms with Crippen LogP contribution >= 0.6 is 0 Å². The number of fused-ring (bicyclic) bond motifs is 1. The summed E-state index contributed by atoms with van der Waals surface area (Å²) in [5.41, 5.74) is 2.42. The van der Waals surface area contributed by atoms with Crippen LogP contribution in [-0.4, -0.2) is 30.0 Å². The summed E-state index contributed by atoms with van der Waals surface area (Å²) in [7, 11) is 4.14. The van der Waals surface area contributed by atoms with Gasteiger partial charge in [-0.3, -0.25) is 10.1 Å². The fourth-order valence-corrected chi connectivity index (χ4v) is 3.33. The molecule has 5 nitrogen and oxygen atoms in total. The van der Waals surface area contributed by atoms with Gasteiger partial charge < -0.3 is 9.64 Å². The van der Waals surface area contributed by atoms with Crippen LogP contribution in [0.15, 0.2) is 48.5 Å². The average Bonchev–Trinajstić information content (AvgIpc) is 2.75. The molecule has 1 aliphatic carbocycles. The Labute approximate surface area is 142 Å². The molecule has 1 aliphatic rings. The third-order valence-electron chi connectivity index (χ3n) is 4.70. The second kappa shape index (κ2) is 7.01. The van der Waals surface area contributed by atoms with Crippen LogP contribution in [0.25, 0.3) is 0 Å². The first-order valence-electron chi connectivity index (χ1n) is 8.20. The molecule has 0 heterocycles. The van der Waals surface area contributed by atoms with Gasteiger partial charge in [0.05, 0.1) is 4.92 Å². The molecule has 0 amide bonds. The van der Waals surface area contributed by atoms with Gasteiger partial charge in [0.1, 0.15) is 6.10 Å². The first-order chi connectivity index (χ1) is 11.6. The zero-order valence-corrected chi connectivity index (χ0v) is 14.0. The standard InChI is InChI=1S/C19H22N2O3/c1-20(2)15-12-11-14-7-3-4-8-16(14)19(13-15)24-18-10-6-5-9-17(18)21(22)23/h3-10,15,19H,11-13H2,1-2H3. The number of benzene rings is 2. The van der Waals surface area contributed by atoms with E-state index in [9.17, 15) is 10.1 Å². The fourth-order valence-electron chi connectivity index (χ4n) is 3.33. The molecular formula is C19H22N2O3. The van der Waals surface area contributed by atoms with Gasteiger partial charge in [0.2, 0.25) is 0 Å². The monoisotopic (exact) mass is 326 g/mol. The molecule has 0 fully saturated rings. The maximum absolute atomic E-state index is 11.3. The Morgan fingerprint density at radius 2 is 1.83 bits per heavy atom. The van der Waals surface area contributed by atoms with E-state index in [0.717, 1.165) is 24.8 Å². The largest absolute Gasteiger partial charge is 0.479 e. The molecule has 0 aromatic heterocycles. The van der Waals surface area contributed by atoms with Gasteiger partial charge in [-0.1, -0.05) is 36.4 Å². The third-order valence-corrected chi connectivity index (χ3v) is 4.70. The molecule has 2 aromatic rings. The van der Waals surface area contributed by atoms with E-state index in [2.05, 4.69) is 31.1 Å². The molecule has 0 aliphatic heterocycles. The lowest BCUT2D eigenvalue weighted by Crippen LogP contribution is -2.30. The number of nitrogens with zero attached hydrogens (tertiary/aromatic N) is 2. The molecule has 0 N–H and O–H groups in total. The smallest absolute Gasteiger partial charge is 0.310 e. The lowest BCUT2D eigenvalue weighted by Gasteiger charge is -2.26. The number of para-hydroxylation sites is 2. The zero-order chi connectivity index (χ0) is 17.1. The minimum atomic E-state index is -0.388. The number of hydrogen-bond acceptors (Lipinski definition) is 4. The van der Waals surface area contributed by atoms with Crippen molar-refractivity contribution < 1.29 is 9.66 Å². The molecule has 2 atom stereocenters. The van der Waals surface area contributed by atoms with Gasteiger partial charge in [-0.2, -0.15) is 0 Å². The van der Waals surface area contributed by atoms with E-state index in [1.807, 2.05) is 12.1 Å². The van der Waals surface area contributed by atoms with Gasteiger partial charge in [0, 0.05) is 18.5 Å². The van der Waals surface area contributed by atoms with Crippen molar-refractivity contribution in [1.29, 1.82) is 0 Å². The molecule has 2 unspecified atom stereocenters. The summed E-state index contributed by atoms with van der Waals surface area (Å²) >= 11 is 0. The van der Waals surface area contributed by atoms with E-state index in [1.165, 1.54) is 11.6 Å². The van der Waals surface area contributed by atoms with Crippen molar-refractivity contribution in [3.05, 3.63) is 69.8 Å². The van der Waals surface area contributed by atoms with Crippen molar-refractivity contribution in [2.24, 2.45) is 0 Å². The lowest BCUT2D eigenvalue weighted by molar-refractivity contribution is -0.386. The van der Waals surface area contributed by atoms with Crippen LogP contribution in [0.2, 0.25) is 0 Å². The SMILES string of the molecule is CN(C)C1CCc2ccccc2C(Oc2ccccc2[N+](=O)[O-])C1. The van der Waals surface area contributed by atoms with Crippen LogP contribution in [0.3, 0.4) is 0 Å². The number of ether oxygens (including phenoxy) is 1. The topological polar surface area (TPSA) is 55.6 Å². The highest BCUT2D eigenvalue weighted by atomic mass is 16.6. The number of hydrogen-bond donors (Lipinski definition) is 0. The van der Waals surface area contributed by atoms with Crippen LogP contribution in [0, 0.1) is 10.1 Å². The van der Waals surface area contributed by atoms with E-state index in [1.54, 1.807) is 18.2 Å². The first-order valence-corrected chi connectivity index (χ1v) is 8.20. The highest BCUT2D eigenvalue weighted by Crippen LogP contribution is 2.37. The van der Waals surface area contributed by atoms with Gasteiger partial charge in [-0.25, -0.2) is 0 Å². The molecule has 0 radical (unpaired) electrons. The van der Waals surface area contributed by atoms with Crippen LogP contribution in [0.5, 0.6) is 5.75 Å². The molecule has 0 saturated carbocycles. The predicted octanol–water partition coefficient (Wildman–Crippen LogP) is 3.98. The van der Waals surface area contributed by atoms with E-state index >= 15 is 0 Å². The van der Waals surface area contributed by atoms with Crippen molar-refractivity contribution >= 4 is 5.69 Å². The average molecular weight is 326 g/mol. The summed E-state index contributed by atoms with van der Waals surface area (Å²) in [6, 6.07) is 15.2. The zero-order valence-electron chi connectivity index (χ0n) is 14.0. The predicted molar refractivity (Wildman–Crippen MR) is 93.3 cm³/mol. The highest BCUT2D eigenvalue weighted by Gasteiger charge is 2.28. The van der Waals surface area contributed by atoms with E-state index in [0.29, 0.717) is 11.8 Å². The summed E-state index contributed by atoms with van der Waals surface area (Å²) in [5, 5.41) is 11.3. The van der Waals surface area contributed by atoms with Crippen molar-refractivity contribution in [2.45, 2.75) is 31.4 Å². The number of aryl methyl sites for hydroxylation is 1. The highest BCUT2D eigenvalue weighted by molar-refractivity contribution is 5.46. The fraction of sp³-hybridized carbons (Fsp3) is 0.368. The van der Waals surface area contributed by atoms with Gasteiger partial charge in [-0.05, 0) is 44.1 Å². The molecule has 24 heavy (non-hydrogen) atoms. The Hall–Kier alpha value is -2.40. The molecule has 0 bridgehead atoms. The van der Waals surface area contributed by atoms with Gasteiger partial charge in [0.25, 0.3) is 0 Å². The van der Waals surface area contributed by atoms with E-state index in [4.69, 9.17) is 4.74 Å². The van der Waals surface area contributed by atoms with Crippen LogP contribution in [0.1, 0.15) is 30.1 Å². The van der Waals surface area contributed by atoms with E-state index in [-0.39, 0.29) is 16.7 Å². The summed E-state index contributed by atoms with van der Waals surface area (Å²) in [5.74, 6) is 0.335. The van der Waals surface area contributed by atoms with Gasteiger partial charge in [-0.15, -0.1) is 0 Å². The Balaban J connectivity index is 1.96. The molecule has 2 aromatic carbocycles. The Morgan fingerprint density at radius 3 is 2.58 bits per heavy atom. The molecule has 0 saturated heterocycles. The lowest BCUT2D eigenvalue weighted by atomic mass is 10.0. The second-order valence-corrected chi connectivity index (χ2v) is 6.42. The minimum Gasteiger partial charge on any atom is -0.479 e. The molecule has 126 valence electrons. The third kappa shape index (κ3) is 3.41. The second-order valence-electron chi connectivity index (χ2n) is 6.42. The molecule has 3 rings (SSSR count). The van der Waals surface area contributed by atoms with Crippen molar-refractivity contribution in [3.8, 4) is 5.75 Å². The quantitative estimate of drug-likeness (QED) is 0.484. The van der Waals surface area contributed by atoms with Crippen LogP contribution in [-0.2, 0) is 6.42 Å². The Bertz CT molecular complexity index is 730. The number of nitro benzene ring substituents is 1. The van der Waals surface area contributed by atoms with E-state index < -0.39 is 0 Å². The minimum absolute atomic E-state index is 0.0145. The van der Waals surface area contributed by atoms with Gasteiger partial charge >= 0.3 is 5.69 Å². The summed E-state index contributed by atoms with van der Waals surface area (Å²) in [4.78, 5) is 13.1. The molecule has 5 heteroatoms. The van der Waals surface area contributed by atoms with Crippen LogP contribution < -0.4 is 4.74 Å². The van der Waals surface area contributed by atoms with Crippen molar-refractivity contribution in [3.63, 3.8) is 0 Å². The summed E-state index contributed by atoms with van der Waals surface area (Å²) < 4.78 is 6.17. The van der Waals surface area contributed by atoms with Crippen LogP contribution in [0.4, 0.5) is 5.69 Å². The maximum atomic E-state index is 11.3. The van der Waals surface area contributed by atoms with Gasteiger partial charge in [0.15, 0.2) is 5.75 Å². The molecular weight excluding hydrogens is 304 g/mol. The summed E-state index contributed by atoms with van der Waals surface area (Å²) in [6.45, 7) is 0. The first kappa shape index (κ1) is 16.5. The number of nitro groups is 1. The number of rotatable bonds is 4.